The van der Waals surface area contributed by atoms with Crippen molar-refractivity contribution < 1.29 is 0 Å². The van der Waals surface area contributed by atoms with E-state index in [9.17, 15) is 0 Å². The number of rotatable bonds is 5. The fraction of sp³-hybridized carbons (Fsp3) is 0.800. The highest BCUT2D eigenvalue weighted by Gasteiger charge is 2.21. The van der Waals surface area contributed by atoms with E-state index < -0.39 is 0 Å². The van der Waals surface area contributed by atoms with Crippen molar-refractivity contribution >= 4 is 11.3 Å². The van der Waals surface area contributed by atoms with Crippen molar-refractivity contribution in [3.63, 3.8) is 0 Å². The summed E-state index contributed by atoms with van der Waals surface area (Å²) in [4.78, 5) is 7.18. The van der Waals surface area contributed by atoms with E-state index in [0.29, 0.717) is 6.04 Å². The van der Waals surface area contributed by atoms with Crippen LogP contribution < -0.4 is 5.32 Å². The minimum atomic E-state index is 0.657. The van der Waals surface area contributed by atoms with Gasteiger partial charge < -0.3 is 10.2 Å². The van der Waals surface area contributed by atoms with Gasteiger partial charge in [-0.1, -0.05) is 20.3 Å². The first-order valence-electron chi connectivity index (χ1n) is 7.55. The third-order valence-electron chi connectivity index (χ3n) is 4.19. The second-order valence-electron chi connectivity index (χ2n) is 5.71. The molecule has 108 valence electrons. The number of thiazole rings is 1. The molecule has 1 aliphatic rings. The van der Waals surface area contributed by atoms with Gasteiger partial charge in [0.1, 0.15) is 0 Å². The number of nitrogens with zero attached hydrogens (tertiary/aromatic N) is 2. The minimum Gasteiger partial charge on any atom is -0.312 e. The summed E-state index contributed by atoms with van der Waals surface area (Å²) in [6.45, 7) is 11.5. The van der Waals surface area contributed by atoms with Crippen LogP contribution in [0.2, 0.25) is 0 Å². The van der Waals surface area contributed by atoms with E-state index in [1.165, 1.54) is 43.2 Å². The molecule has 3 nitrogen and oxygen atoms in total. The fourth-order valence-corrected chi connectivity index (χ4v) is 3.34. The summed E-state index contributed by atoms with van der Waals surface area (Å²) >= 11 is 1.76. The Morgan fingerprint density at radius 1 is 1.58 bits per heavy atom. The van der Waals surface area contributed by atoms with Gasteiger partial charge in [0, 0.05) is 30.9 Å². The Labute approximate surface area is 121 Å². The lowest BCUT2D eigenvalue weighted by Crippen LogP contribution is -2.42. The smallest absolute Gasteiger partial charge is 0.0897 e. The average molecular weight is 281 g/mol. The normalized spacial score (nSPS) is 23.2. The quantitative estimate of drug-likeness (QED) is 0.899. The van der Waals surface area contributed by atoms with Gasteiger partial charge in [0.05, 0.1) is 10.7 Å². The van der Waals surface area contributed by atoms with Gasteiger partial charge in [-0.3, -0.25) is 0 Å². The molecule has 1 aliphatic heterocycles. The van der Waals surface area contributed by atoms with Gasteiger partial charge in [0.15, 0.2) is 0 Å². The summed E-state index contributed by atoms with van der Waals surface area (Å²) in [6, 6.07) is 0.657. The van der Waals surface area contributed by atoms with Crippen molar-refractivity contribution in [2.75, 3.05) is 26.2 Å². The average Bonchev–Trinajstić information content (AvgIpc) is 2.69. The van der Waals surface area contributed by atoms with Crippen molar-refractivity contribution in [1.82, 2.24) is 15.2 Å². The van der Waals surface area contributed by atoms with Gasteiger partial charge >= 0.3 is 0 Å². The monoisotopic (exact) mass is 281 g/mol. The van der Waals surface area contributed by atoms with Gasteiger partial charge in [0.2, 0.25) is 0 Å². The van der Waals surface area contributed by atoms with Crippen LogP contribution in [0.3, 0.4) is 0 Å². The molecule has 0 aliphatic carbocycles. The van der Waals surface area contributed by atoms with Gasteiger partial charge in [-0.2, -0.15) is 0 Å². The summed E-state index contributed by atoms with van der Waals surface area (Å²) in [5, 5.41) is 7.10. The van der Waals surface area contributed by atoms with Crippen LogP contribution in [0, 0.1) is 12.8 Å². The first kappa shape index (κ1) is 14.9. The molecule has 0 spiro atoms. The highest BCUT2D eigenvalue weighted by atomic mass is 32.1. The van der Waals surface area contributed by atoms with Crippen LogP contribution in [0.1, 0.15) is 37.4 Å². The van der Waals surface area contributed by atoms with Crippen LogP contribution in [-0.4, -0.2) is 42.1 Å². The van der Waals surface area contributed by atoms with Gasteiger partial charge in [0.25, 0.3) is 0 Å². The van der Waals surface area contributed by atoms with Gasteiger partial charge in [-0.05, 0) is 32.4 Å². The molecule has 0 amide bonds. The topological polar surface area (TPSA) is 28.2 Å². The third kappa shape index (κ3) is 4.55. The second-order valence-corrected chi connectivity index (χ2v) is 6.77. The molecule has 2 atom stereocenters. The predicted molar refractivity (Wildman–Crippen MR) is 82.9 cm³/mol. The largest absolute Gasteiger partial charge is 0.312 e. The van der Waals surface area contributed by atoms with Crippen LogP contribution >= 0.6 is 11.3 Å². The summed E-state index contributed by atoms with van der Waals surface area (Å²) in [5.74, 6) is 0.766. The summed E-state index contributed by atoms with van der Waals surface area (Å²) in [5.41, 5.74) is 1.26. The van der Waals surface area contributed by atoms with Crippen LogP contribution in [0.5, 0.6) is 0 Å². The molecule has 0 bridgehead atoms. The van der Waals surface area contributed by atoms with Crippen LogP contribution in [0.4, 0.5) is 0 Å². The molecule has 2 heterocycles. The Bertz CT molecular complexity index is 377. The highest BCUT2D eigenvalue weighted by molar-refractivity contribution is 7.09. The van der Waals surface area contributed by atoms with Crippen molar-refractivity contribution in [3.8, 4) is 0 Å². The van der Waals surface area contributed by atoms with Crippen LogP contribution in [0.15, 0.2) is 5.38 Å². The van der Waals surface area contributed by atoms with E-state index in [1.807, 2.05) is 0 Å². The maximum absolute atomic E-state index is 4.57. The Kier molecular flexibility index (Phi) is 5.79. The van der Waals surface area contributed by atoms with Crippen molar-refractivity contribution in [1.29, 1.82) is 0 Å². The lowest BCUT2D eigenvalue weighted by molar-refractivity contribution is 0.240. The third-order valence-corrected chi connectivity index (χ3v) is 5.02. The summed E-state index contributed by atoms with van der Waals surface area (Å²) in [7, 11) is 0. The lowest BCUT2D eigenvalue weighted by Gasteiger charge is -2.27. The van der Waals surface area contributed by atoms with Gasteiger partial charge in [-0.25, -0.2) is 4.98 Å². The Balaban J connectivity index is 1.84. The first-order chi connectivity index (χ1) is 9.19. The van der Waals surface area contributed by atoms with E-state index in [2.05, 4.69) is 41.4 Å². The number of hydrogen-bond donors (Lipinski definition) is 1. The Hall–Kier alpha value is -0.450. The van der Waals surface area contributed by atoms with Crippen molar-refractivity contribution in [2.24, 2.45) is 5.92 Å². The highest BCUT2D eigenvalue weighted by Crippen LogP contribution is 2.14. The molecule has 2 unspecified atom stereocenters. The number of hydrogen-bond acceptors (Lipinski definition) is 4. The zero-order valence-electron chi connectivity index (χ0n) is 12.5. The molecule has 1 aromatic rings. The molecule has 2 rings (SSSR count). The molecule has 0 aromatic carbocycles. The molecular formula is C15H27N3S. The lowest BCUT2D eigenvalue weighted by atomic mass is 9.99. The molecule has 4 heteroatoms. The van der Waals surface area contributed by atoms with E-state index in [0.717, 1.165) is 18.9 Å². The molecule has 1 aromatic heterocycles. The minimum absolute atomic E-state index is 0.657. The summed E-state index contributed by atoms with van der Waals surface area (Å²) < 4.78 is 0. The second kappa shape index (κ2) is 7.36. The van der Waals surface area contributed by atoms with Crippen LogP contribution in [0.25, 0.3) is 0 Å². The number of aryl methyl sites for hydroxylation is 1. The predicted octanol–water partition coefficient (Wildman–Crippen LogP) is 2.70. The fourth-order valence-electron chi connectivity index (χ4n) is 2.69. The van der Waals surface area contributed by atoms with E-state index in [-0.39, 0.29) is 0 Å². The van der Waals surface area contributed by atoms with Crippen molar-refractivity contribution in [3.05, 3.63) is 16.1 Å². The number of aromatic nitrogens is 1. The van der Waals surface area contributed by atoms with E-state index >= 15 is 0 Å². The van der Waals surface area contributed by atoms with Crippen molar-refractivity contribution in [2.45, 2.75) is 46.1 Å². The summed E-state index contributed by atoms with van der Waals surface area (Å²) in [6.07, 6.45) is 3.62. The zero-order valence-corrected chi connectivity index (χ0v) is 13.3. The Morgan fingerprint density at radius 2 is 2.42 bits per heavy atom. The molecule has 1 saturated heterocycles. The maximum atomic E-state index is 4.57. The van der Waals surface area contributed by atoms with Crippen LogP contribution in [-0.2, 0) is 6.42 Å². The Morgan fingerprint density at radius 3 is 3.11 bits per heavy atom. The number of nitrogens with one attached hydrogen (secondary N) is 1. The van der Waals surface area contributed by atoms with Gasteiger partial charge in [-0.15, -0.1) is 11.3 Å². The molecule has 1 fully saturated rings. The SMILES string of the molecule is CCC(C)C1CN(CCc2csc(C)n2)CCCN1. The molecule has 19 heavy (non-hydrogen) atoms. The molecular weight excluding hydrogens is 254 g/mol. The zero-order chi connectivity index (χ0) is 13.7. The maximum Gasteiger partial charge on any atom is 0.0897 e. The molecule has 0 radical (unpaired) electrons. The first-order valence-corrected chi connectivity index (χ1v) is 8.43. The van der Waals surface area contributed by atoms with E-state index in [4.69, 9.17) is 0 Å². The standard InChI is InChI=1S/C15H27N3S/c1-4-12(2)15-10-18(8-5-7-16-15)9-6-14-11-19-13(3)17-14/h11-12,15-16H,4-10H2,1-3H3. The molecule has 0 saturated carbocycles. The van der Waals surface area contributed by atoms with E-state index in [1.54, 1.807) is 11.3 Å². The molecule has 1 N–H and O–H groups in total.